The highest BCUT2D eigenvalue weighted by Crippen LogP contribution is 2.33. The zero-order valence-corrected chi connectivity index (χ0v) is 9.41. The molecule has 2 atom stereocenters. The van der Waals surface area contributed by atoms with Crippen LogP contribution in [0.2, 0.25) is 5.02 Å². The Labute approximate surface area is 99.6 Å². The van der Waals surface area contributed by atoms with Gasteiger partial charge in [-0.3, -0.25) is 14.3 Å². The second-order valence-corrected chi connectivity index (χ2v) is 4.33. The first-order chi connectivity index (χ1) is 7.95. The molecule has 0 saturated carbocycles. The minimum atomic E-state index is -1.87. The first kappa shape index (κ1) is 12.3. The SMILES string of the molecule is O=c1[nH]c(=O)n([C@H]2C[C@](F)(CO)CO2)cc1Cl. The van der Waals surface area contributed by atoms with Gasteiger partial charge in [-0.15, -0.1) is 0 Å². The zero-order chi connectivity index (χ0) is 12.6. The Morgan fingerprint density at radius 3 is 3.00 bits per heavy atom. The van der Waals surface area contributed by atoms with E-state index in [4.69, 9.17) is 21.4 Å². The lowest BCUT2D eigenvalue weighted by Gasteiger charge is -2.14. The number of aliphatic hydroxyl groups excluding tert-OH is 1. The smallest absolute Gasteiger partial charge is 0.330 e. The molecule has 0 spiro atoms. The molecule has 2 heterocycles. The molecule has 1 saturated heterocycles. The fourth-order valence-electron chi connectivity index (χ4n) is 1.64. The topological polar surface area (TPSA) is 84.3 Å². The Bertz CT molecular complexity index is 543. The van der Waals surface area contributed by atoms with Crippen molar-refractivity contribution in [2.45, 2.75) is 18.3 Å². The third kappa shape index (κ3) is 2.26. The Hall–Kier alpha value is -1.18. The maximum absolute atomic E-state index is 13.7. The molecule has 6 nitrogen and oxygen atoms in total. The number of aromatic amines is 1. The van der Waals surface area contributed by atoms with Crippen LogP contribution >= 0.6 is 11.6 Å². The number of H-pyrrole nitrogens is 1. The van der Waals surface area contributed by atoms with Crippen molar-refractivity contribution in [3.8, 4) is 0 Å². The third-order valence-electron chi connectivity index (χ3n) is 2.59. The minimum absolute atomic E-state index is 0.175. The Balaban J connectivity index is 2.34. The minimum Gasteiger partial charge on any atom is -0.393 e. The molecule has 2 N–H and O–H groups in total. The van der Waals surface area contributed by atoms with Crippen LogP contribution in [0.4, 0.5) is 4.39 Å². The normalized spacial score (nSPS) is 28.5. The summed E-state index contributed by atoms with van der Waals surface area (Å²) in [5.74, 6) is 0. The van der Waals surface area contributed by atoms with Gasteiger partial charge in [0.25, 0.3) is 5.56 Å². The summed E-state index contributed by atoms with van der Waals surface area (Å²) < 4.78 is 19.8. The number of hydrogen-bond donors (Lipinski definition) is 2. The molecule has 17 heavy (non-hydrogen) atoms. The number of aromatic nitrogens is 2. The van der Waals surface area contributed by atoms with E-state index >= 15 is 0 Å². The van der Waals surface area contributed by atoms with Gasteiger partial charge in [0.15, 0.2) is 5.67 Å². The number of rotatable bonds is 2. The van der Waals surface area contributed by atoms with Crippen molar-refractivity contribution in [1.29, 1.82) is 0 Å². The van der Waals surface area contributed by atoms with Crippen molar-refractivity contribution in [3.05, 3.63) is 32.1 Å². The zero-order valence-electron chi connectivity index (χ0n) is 8.65. The van der Waals surface area contributed by atoms with Gasteiger partial charge in [0, 0.05) is 12.6 Å². The number of nitrogens with one attached hydrogen (secondary N) is 1. The lowest BCUT2D eigenvalue weighted by molar-refractivity contribution is 0.0273. The fraction of sp³-hybridized carbons (Fsp3) is 0.556. The van der Waals surface area contributed by atoms with Crippen molar-refractivity contribution in [2.24, 2.45) is 0 Å². The summed E-state index contributed by atoms with van der Waals surface area (Å²) in [7, 11) is 0. The Morgan fingerprint density at radius 2 is 2.41 bits per heavy atom. The van der Waals surface area contributed by atoms with Crippen LogP contribution in [0, 0.1) is 0 Å². The van der Waals surface area contributed by atoms with Crippen LogP contribution in [0.5, 0.6) is 0 Å². The molecule has 1 aromatic rings. The Morgan fingerprint density at radius 1 is 1.71 bits per heavy atom. The van der Waals surface area contributed by atoms with Crippen molar-refractivity contribution in [2.75, 3.05) is 13.2 Å². The number of hydrogen-bond acceptors (Lipinski definition) is 4. The molecule has 0 radical (unpaired) electrons. The summed E-state index contributed by atoms with van der Waals surface area (Å²) >= 11 is 5.57. The van der Waals surface area contributed by atoms with Gasteiger partial charge in [-0.05, 0) is 0 Å². The van der Waals surface area contributed by atoms with Crippen molar-refractivity contribution in [1.82, 2.24) is 9.55 Å². The van der Waals surface area contributed by atoms with Gasteiger partial charge in [0.1, 0.15) is 11.3 Å². The van der Waals surface area contributed by atoms with E-state index < -0.39 is 29.8 Å². The maximum atomic E-state index is 13.7. The van der Waals surface area contributed by atoms with Gasteiger partial charge in [-0.2, -0.15) is 0 Å². The van der Waals surface area contributed by atoms with Crippen LogP contribution in [-0.2, 0) is 4.74 Å². The summed E-state index contributed by atoms with van der Waals surface area (Å²) in [5.41, 5.74) is -3.31. The number of halogens is 2. The molecule has 0 aromatic carbocycles. The molecule has 8 heteroatoms. The lowest BCUT2D eigenvalue weighted by Crippen LogP contribution is -2.33. The van der Waals surface area contributed by atoms with E-state index in [0.29, 0.717) is 0 Å². The van der Waals surface area contributed by atoms with Gasteiger partial charge in [0.2, 0.25) is 0 Å². The molecule has 1 aliphatic heterocycles. The highest BCUT2D eigenvalue weighted by atomic mass is 35.5. The summed E-state index contributed by atoms with van der Waals surface area (Å²) in [5, 5.41) is 8.65. The molecular formula is C9H10ClFN2O4. The van der Waals surface area contributed by atoms with Crippen LogP contribution in [-0.4, -0.2) is 33.5 Å². The summed E-state index contributed by atoms with van der Waals surface area (Å²) in [6.07, 6.45) is 0.0384. The predicted molar refractivity (Wildman–Crippen MR) is 56.9 cm³/mol. The summed E-state index contributed by atoms with van der Waals surface area (Å²) in [4.78, 5) is 24.5. The third-order valence-corrected chi connectivity index (χ3v) is 2.86. The quantitative estimate of drug-likeness (QED) is 0.775. The van der Waals surface area contributed by atoms with Gasteiger partial charge < -0.3 is 9.84 Å². The maximum Gasteiger partial charge on any atom is 0.330 e. The van der Waals surface area contributed by atoms with Crippen molar-refractivity contribution < 1.29 is 14.2 Å². The fourth-order valence-corrected chi connectivity index (χ4v) is 1.79. The first-order valence-electron chi connectivity index (χ1n) is 4.87. The van der Waals surface area contributed by atoms with Gasteiger partial charge >= 0.3 is 5.69 Å². The van der Waals surface area contributed by atoms with Gasteiger partial charge in [-0.25, -0.2) is 9.18 Å². The van der Waals surface area contributed by atoms with Gasteiger partial charge in [0.05, 0.1) is 13.2 Å². The summed E-state index contributed by atoms with van der Waals surface area (Å²) in [6, 6.07) is 0. The number of ether oxygens (including phenoxy) is 1. The highest BCUT2D eigenvalue weighted by molar-refractivity contribution is 6.30. The Kier molecular flexibility index (Phi) is 3.07. The second kappa shape index (κ2) is 4.25. The number of aliphatic hydroxyl groups is 1. The molecule has 0 aliphatic carbocycles. The van der Waals surface area contributed by atoms with E-state index in [0.717, 1.165) is 10.8 Å². The molecular weight excluding hydrogens is 255 g/mol. The first-order valence-corrected chi connectivity index (χ1v) is 5.25. The van der Waals surface area contributed by atoms with Gasteiger partial charge in [-0.1, -0.05) is 11.6 Å². The molecule has 1 aliphatic rings. The molecule has 2 rings (SSSR count). The van der Waals surface area contributed by atoms with E-state index in [-0.39, 0.29) is 18.1 Å². The average molecular weight is 265 g/mol. The van der Waals surface area contributed by atoms with Crippen molar-refractivity contribution in [3.63, 3.8) is 0 Å². The molecule has 0 unspecified atom stereocenters. The highest BCUT2D eigenvalue weighted by Gasteiger charge is 2.41. The van der Waals surface area contributed by atoms with Crippen LogP contribution in [0.25, 0.3) is 0 Å². The molecule has 1 fully saturated rings. The van der Waals surface area contributed by atoms with Crippen LogP contribution in [0.3, 0.4) is 0 Å². The molecule has 1 aromatic heterocycles. The monoisotopic (exact) mass is 264 g/mol. The van der Waals surface area contributed by atoms with Crippen molar-refractivity contribution >= 4 is 11.6 Å². The van der Waals surface area contributed by atoms with Crippen LogP contribution in [0.15, 0.2) is 15.8 Å². The number of nitrogens with zero attached hydrogens (tertiary/aromatic N) is 1. The number of alkyl halides is 1. The van der Waals surface area contributed by atoms with E-state index in [9.17, 15) is 14.0 Å². The van der Waals surface area contributed by atoms with Crippen LogP contribution < -0.4 is 11.2 Å². The average Bonchev–Trinajstić information content (AvgIpc) is 2.67. The van der Waals surface area contributed by atoms with E-state index in [1.807, 2.05) is 4.98 Å². The standard InChI is InChI=1S/C9H10ClFN2O4/c10-5-2-13(8(16)12-7(5)15)6-1-9(11,3-14)4-17-6/h2,6,14H,1,3-4H2,(H,12,15,16)/t6-,9+/m1/s1. The van der Waals surface area contributed by atoms with Crippen LogP contribution in [0.1, 0.15) is 12.6 Å². The van der Waals surface area contributed by atoms with E-state index in [2.05, 4.69) is 0 Å². The summed E-state index contributed by atoms with van der Waals surface area (Å²) in [6.45, 7) is -0.993. The molecule has 0 bridgehead atoms. The van der Waals surface area contributed by atoms with E-state index in [1.165, 1.54) is 0 Å². The second-order valence-electron chi connectivity index (χ2n) is 3.92. The lowest BCUT2D eigenvalue weighted by atomic mass is 10.1. The molecule has 0 amide bonds. The molecule has 94 valence electrons. The van der Waals surface area contributed by atoms with E-state index in [1.54, 1.807) is 0 Å². The largest absolute Gasteiger partial charge is 0.393 e. The predicted octanol–water partition coefficient (Wildman–Crippen LogP) is -0.190.